The third kappa shape index (κ3) is 3.55. The molecule has 0 aromatic heterocycles. The van der Waals surface area contributed by atoms with E-state index in [0.717, 1.165) is 28.0 Å². The largest absolute Gasteiger partial charge is 0.496 e. The standard InChI is InChI=1S/C20H24O3/c1-13-11-15(19(21)23-6)7-9-16(13)14-8-10-18(22-5)17(12-14)20(2,3)4/h7-12H,1-6H3. The van der Waals surface area contributed by atoms with E-state index in [4.69, 9.17) is 9.47 Å². The average molecular weight is 312 g/mol. The summed E-state index contributed by atoms with van der Waals surface area (Å²) in [7, 11) is 3.09. The fourth-order valence-electron chi connectivity index (χ4n) is 2.69. The Morgan fingerprint density at radius 1 is 1.00 bits per heavy atom. The van der Waals surface area contributed by atoms with Crippen LogP contribution >= 0.6 is 0 Å². The quantitative estimate of drug-likeness (QED) is 0.767. The molecule has 0 amide bonds. The number of carbonyl (C=O) groups is 1. The predicted molar refractivity (Wildman–Crippen MR) is 93.2 cm³/mol. The van der Waals surface area contributed by atoms with Gasteiger partial charge in [0.25, 0.3) is 0 Å². The van der Waals surface area contributed by atoms with Crippen molar-refractivity contribution in [3.05, 3.63) is 53.1 Å². The van der Waals surface area contributed by atoms with Gasteiger partial charge in [-0.2, -0.15) is 0 Å². The van der Waals surface area contributed by atoms with Crippen molar-refractivity contribution in [1.82, 2.24) is 0 Å². The van der Waals surface area contributed by atoms with Gasteiger partial charge in [-0.1, -0.05) is 32.9 Å². The Balaban J connectivity index is 2.53. The monoisotopic (exact) mass is 312 g/mol. The molecule has 0 saturated heterocycles. The van der Waals surface area contributed by atoms with E-state index in [1.165, 1.54) is 7.11 Å². The van der Waals surface area contributed by atoms with Crippen LogP contribution in [0.4, 0.5) is 0 Å². The average Bonchev–Trinajstić information content (AvgIpc) is 2.52. The third-order valence-corrected chi connectivity index (χ3v) is 3.97. The van der Waals surface area contributed by atoms with Crippen molar-refractivity contribution < 1.29 is 14.3 Å². The minimum atomic E-state index is -0.315. The molecule has 0 fully saturated rings. The number of benzene rings is 2. The van der Waals surface area contributed by atoms with Gasteiger partial charge >= 0.3 is 5.97 Å². The van der Waals surface area contributed by atoms with Crippen LogP contribution in [0, 0.1) is 6.92 Å². The number of esters is 1. The molecular weight excluding hydrogens is 288 g/mol. The fourth-order valence-corrected chi connectivity index (χ4v) is 2.69. The Morgan fingerprint density at radius 3 is 2.22 bits per heavy atom. The maximum atomic E-state index is 11.6. The van der Waals surface area contributed by atoms with Crippen LogP contribution in [0.3, 0.4) is 0 Å². The fraction of sp³-hybridized carbons (Fsp3) is 0.350. The predicted octanol–water partition coefficient (Wildman–Crippen LogP) is 4.75. The molecule has 0 aliphatic carbocycles. The second kappa shape index (κ2) is 6.45. The second-order valence-electron chi connectivity index (χ2n) is 6.69. The Bertz CT molecular complexity index is 724. The maximum absolute atomic E-state index is 11.6. The van der Waals surface area contributed by atoms with Gasteiger partial charge in [0.15, 0.2) is 0 Å². The summed E-state index contributed by atoms with van der Waals surface area (Å²) >= 11 is 0. The Labute approximate surface area is 138 Å². The number of hydrogen-bond donors (Lipinski definition) is 0. The highest BCUT2D eigenvalue weighted by molar-refractivity contribution is 5.90. The van der Waals surface area contributed by atoms with E-state index >= 15 is 0 Å². The summed E-state index contributed by atoms with van der Waals surface area (Å²) in [6.07, 6.45) is 0. The van der Waals surface area contributed by atoms with E-state index in [2.05, 4.69) is 26.8 Å². The molecule has 0 N–H and O–H groups in total. The lowest BCUT2D eigenvalue weighted by molar-refractivity contribution is 0.0600. The first kappa shape index (κ1) is 17.1. The molecule has 3 heteroatoms. The highest BCUT2D eigenvalue weighted by Gasteiger charge is 2.20. The molecule has 0 aliphatic rings. The summed E-state index contributed by atoms with van der Waals surface area (Å²) < 4.78 is 10.3. The van der Waals surface area contributed by atoms with Gasteiger partial charge in [-0.15, -0.1) is 0 Å². The molecule has 0 heterocycles. The summed E-state index contributed by atoms with van der Waals surface area (Å²) in [5.74, 6) is 0.579. The third-order valence-electron chi connectivity index (χ3n) is 3.97. The molecule has 2 aromatic carbocycles. The zero-order chi connectivity index (χ0) is 17.2. The van der Waals surface area contributed by atoms with Crippen molar-refractivity contribution in [2.45, 2.75) is 33.1 Å². The van der Waals surface area contributed by atoms with Crippen LogP contribution in [0.25, 0.3) is 11.1 Å². The van der Waals surface area contributed by atoms with Crippen LogP contribution in [-0.2, 0) is 10.2 Å². The van der Waals surface area contributed by atoms with Gasteiger partial charge in [0, 0.05) is 5.56 Å². The van der Waals surface area contributed by atoms with Crippen molar-refractivity contribution in [3.8, 4) is 16.9 Å². The highest BCUT2D eigenvalue weighted by Crippen LogP contribution is 2.35. The van der Waals surface area contributed by atoms with Gasteiger partial charge in [-0.25, -0.2) is 4.79 Å². The normalized spacial score (nSPS) is 11.2. The van der Waals surface area contributed by atoms with Gasteiger partial charge in [0.2, 0.25) is 0 Å². The molecule has 0 bridgehead atoms. The Morgan fingerprint density at radius 2 is 1.70 bits per heavy atom. The van der Waals surface area contributed by atoms with E-state index in [9.17, 15) is 4.79 Å². The van der Waals surface area contributed by atoms with Gasteiger partial charge in [0.1, 0.15) is 5.75 Å². The Kier molecular flexibility index (Phi) is 4.79. The number of ether oxygens (including phenoxy) is 2. The lowest BCUT2D eigenvalue weighted by atomic mass is 9.84. The SMILES string of the molecule is COC(=O)c1ccc(-c2ccc(OC)c(C(C)(C)C)c2)c(C)c1. The molecular formula is C20H24O3. The van der Waals surface area contributed by atoms with E-state index in [-0.39, 0.29) is 11.4 Å². The molecule has 0 saturated carbocycles. The molecule has 2 rings (SSSR count). The maximum Gasteiger partial charge on any atom is 0.337 e. The van der Waals surface area contributed by atoms with Crippen LogP contribution in [0.15, 0.2) is 36.4 Å². The van der Waals surface area contributed by atoms with Crippen molar-refractivity contribution >= 4 is 5.97 Å². The van der Waals surface area contributed by atoms with Crippen molar-refractivity contribution in [2.24, 2.45) is 0 Å². The smallest absolute Gasteiger partial charge is 0.337 e. The highest BCUT2D eigenvalue weighted by atomic mass is 16.5. The lowest BCUT2D eigenvalue weighted by Crippen LogP contribution is -2.13. The van der Waals surface area contributed by atoms with E-state index in [1.807, 2.05) is 31.2 Å². The van der Waals surface area contributed by atoms with Crippen LogP contribution < -0.4 is 4.74 Å². The summed E-state index contributed by atoms with van der Waals surface area (Å²) in [6.45, 7) is 8.51. The first-order chi connectivity index (χ1) is 10.8. The molecule has 2 aromatic rings. The zero-order valence-electron chi connectivity index (χ0n) is 14.7. The van der Waals surface area contributed by atoms with Crippen LogP contribution in [0.2, 0.25) is 0 Å². The van der Waals surface area contributed by atoms with E-state index in [0.29, 0.717) is 5.56 Å². The van der Waals surface area contributed by atoms with E-state index < -0.39 is 0 Å². The van der Waals surface area contributed by atoms with Crippen LogP contribution in [0.5, 0.6) is 5.75 Å². The van der Waals surface area contributed by atoms with Gasteiger partial charge in [-0.05, 0) is 53.3 Å². The summed E-state index contributed by atoms with van der Waals surface area (Å²) in [6, 6.07) is 11.9. The van der Waals surface area contributed by atoms with Gasteiger partial charge in [0.05, 0.1) is 19.8 Å². The second-order valence-corrected chi connectivity index (χ2v) is 6.69. The van der Waals surface area contributed by atoms with Crippen LogP contribution in [0.1, 0.15) is 42.3 Å². The molecule has 3 nitrogen and oxygen atoms in total. The number of methoxy groups -OCH3 is 2. The molecule has 0 aliphatic heterocycles. The molecule has 0 radical (unpaired) electrons. The molecule has 122 valence electrons. The molecule has 0 unspecified atom stereocenters. The van der Waals surface area contributed by atoms with Gasteiger partial charge in [-0.3, -0.25) is 0 Å². The molecule has 0 spiro atoms. The van der Waals surface area contributed by atoms with Crippen LogP contribution in [-0.4, -0.2) is 20.2 Å². The first-order valence-electron chi connectivity index (χ1n) is 7.65. The van der Waals surface area contributed by atoms with Crippen molar-refractivity contribution in [3.63, 3.8) is 0 Å². The lowest BCUT2D eigenvalue weighted by Gasteiger charge is -2.23. The first-order valence-corrected chi connectivity index (χ1v) is 7.65. The van der Waals surface area contributed by atoms with Crippen molar-refractivity contribution in [2.75, 3.05) is 14.2 Å². The van der Waals surface area contributed by atoms with E-state index in [1.54, 1.807) is 13.2 Å². The summed E-state index contributed by atoms with van der Waals surface area (Å²) in [4.78, 5) is 11.6. The number of hydrogen-bond acceptors (Lipinski definition) is 3. The summed E-state index contributed by atoms with van der Waals surface area (Å²) in [5.41, 5.74) is 4.97. The number of aryl methyl sites for hydroxylation is 1. The molecule has 23 heavy (non-hydrogen) atoms. The minimum Gasteiger partial charge on any atom is -0.496 e. The number of rotatable bonds is 3. The van der Waals surface area contributed by atoms with Crippen molar-refractivity contribution in [1.29, 1.82) is 0 Å². The Hall–Kier alpha value is -2.29. The minimum absolute atomic E-state index is 0.0127. The number of carbonyl (C=O) groups excluding carboxylic acids is 1. The zero-order valence-corrected chi connectivity index (χ0v) is 14.7. The topological polar surface area (TPSA) is 35.5 Å². The summed E-state index contributed by atoms with van der Waals surface area (Å²) in [5, 5.41) is 0. The molecule has 0 atom stereocenters. The van der Waals surface area contributed by atoms with Gasteiger partial charge < -0.3 is 9.47 Å².